The Balaban J connectivity index is 2.21. The lowest BCUT2D eigenvalue weighted by atomic mass is 10.00. The highest BCUT2D eigenvalue weighted by atomic mass is 16.5. The van der Waals surface area contributed by atoms with Gasteiger partial charge in [0.15, 0.2) is 0 Å². The zero-order chi connectivity index (χ0) is 16.8. The molecule has 23 heavy (non-hydrogen) atoms. The monoisotopic (exact) mass is 318 g/mol. The van der Waals surface area contributed by atoms with Crippen molar-refractivity contribution in [3.05, 3.63) is 23.8 Å². The summed E-state index contributed by atoms with van der Waals surface area (Å²) < 4.78 is 4.97. The van der Waals surface area contributed by atoms with Crippen molar-refractivity contribution in [1.29, 1.82) is 0 Å². The largest absolute Gasteiger partial charge is 0.375 e. The van der Waals surface area contributed by atoms with Gasteiger partial charge in [-0.3, -0.25) is 9.59 Å². The third-order valence-electron chi connectivity index (χ3n) is 4.40. The molecule has 0 saturated carbocycles. The number of amides is 2. The predicted octanol–water partition coefficient (Wildman–Crippen LogP) is 2.99. The number of methoxy groups -OCH3 is 1. The van der Waals surface area contributed by atoms with Crippen LogP contribution in [0.25, 0.3) is 0 Å². The Labute approximate surface area is 138 Å². The highest BCUT2D eigenvalue weighted by Gasteiger charge is 2.23. The Kier molecular flexibility index (Phi) is 6.16. The van der Waals surface area contributed by atoms with Gasteiger partial charge in [-0.15, -0.1) is 0 Å². The minimum atomic E-state index is -0.0445. The van der Waals surface area contributed by atoms with Crippen LogP contribution in [0.15, 0.2) is 18.2 Å². The van der Waals surface area contributed by atoms with Crippen LogP contribution in [0.1, 0.15) is 38.7 Å². The molecule has 0 spiro atoms. The molecule has 5 heteroatoms. The van der Waals surface area contributed by atoms with Gasteiger partial charge in [-0.05, 0) is 43.4 Å². The number of fused-ring (bicyclic) bond motifs is 1. The molecule has 0 aliphatic carbocycles. The molecule has 0 atom stereocenters. The number of nitrogens with zero attached hydrogens (tertiary/aromatic N) is 1. The molecule has 1 aromatic carbocycles. The van der Waals surface area contributed by atoms with E-state index in [9.17, 15) is 9.59 Å². The summed E-state index contributed by atoms with van der Waals surface area (Å²) in [6, 6.07) is 5.83. The van der Waals surface area contributed by atoms with E-state index in [2.05, 4.69) is 5.32 Å². The topological polar surface area (TPSA) is 58.6 Å². The lowest BCUT2D eigenvalue weighted by molar-refractivity contribution is -0.122. The number of carbonyl (C=O) groups excluding carboxylic acids is 2. The van der Waals surface area contributed by atoms with Gasteiger partial charge in [0.1, 0.15) is 6.61 Å². The number of carbonyl (C=O) groups is 2. The molecule has 0 saturated heterocycles. The van der Waals surface area contributed by atoms with Gasteiger partial charge in [0, 0.05) is 30.9 Å². The number of nitrogens with one attached hydrogen (secondary N) is 1. The minimum Gasteiger partial charge on any atom is -0.375 e. The molecule has 5 nitrogen and oxygen atoms in total. The van der Waals surface area contributed by atoms with Gasteiger partial charge in [-0.1, -0.05) is 19.9 Å². The van der Waals surface area contributed by atoms with Crippen molar-refractivity contribution in [3.8, 4) is 0 Å². The molecule has 1 heterocycles. The first-order valence-corrected chi connectivity index (χ1v) is 8.33. The van der Waals surface area contributed by atoms with E-state index in [4.69, 9.17) is 4.74 Å². The fourth-order valence-electron chi connectivity index (χ4n) is 3.02. The van der Waals surface area contributed by atoms with E-state index >= 15 is 0 Å². The zero-order valence-corrected chi connectivity index (χ0v) is 14.2. The second kappa shape index (κ2) is 8.11. The fourth-order valence-corrected chi connectivity index (χ4v) is 3.02. The SMILES string of the molecule is CCC(CC)C(=O)Nc1ccc2c(c1)N(C(=O)COC)CCC2. The molecule has 1 aliphatic rings. The summed E-state index contributed by atoms with van der Waals surface area (Å²) >= 11 is 0. The number of ether oxygens (including phenoxy) is 1. The van der Waals surface area contributed by atoms with Crippen molar-refractivity contribution in [1.82, 2.24) is 0 Å². The summed E-state index contributed by atoms with van der Waals surface area (Å²) in [6.07, 6.45) is 3.55. The molecule has 0 radical (unpaired) electrons. The summed E-state index contributed by atoms with van der Waals surface area (Å²) in [5.41, 5.74) is 2.78. The van der Waals surface area contributed by atoms with E-state index in [1.807, 2.05) is 32.0 Å². The third-order valence-corrected chi connectivity index (χ3v) is 4.40. The van der Waals surface area contributed by atoms with Gasteiger partial charge in [-0.25, -0.2) is 0 Å². The zero-order valence-electron chi connectivity index (χ0n) is 14.2. The molecule has 1 aromatic rings. The standard InChI is InChI=1S/C18H26N2O3/c1-4-13(5-2)18(22)19-15-9-8-14-7-6-10-20(16(14)11-15)17(21)12-23-3/h8-9,11,13H,4-7,10,12H2,1-3H3,(H,19,22). The van der Waals surface area contributed by atoms with E-state index in [0.717, 1.165) is 42.6 Å². The number of rotatable bonds is 6. The molecule has 1 N–H and O–H groups in total. The van der Waals surface area contributed by atoms with Gasteiger partial charge < -0.3 is 15.0 Å². The summed E-state index contributed by atoms with van der Waals surface area (Å²) in [6.45, 7) is 4.81. The van der Waals surface area contributed by atoms with Crippen molar-refractivity contribution < 1.29 is 14.3 Å². The second-order valence-electron chi connectivity index (χ2n) is 5.93. The van der Waals surface area contributed by atoms with Crippen molar-refractivity contribution in [2.75, 3.05) is 30.5 Å². The van der Waals surface area contributed by atoms with Gasteiger partial charge in [0.2, 0.25) is 5.91 Å². The summed E-state index contributed by atoms with van der Waals surface area (Å²) in [4.78, 5) is 26.2. The van der Waals surface area contributed by atoms with Crippen molar-refractivity contribution in [2.24, 2.45) is 5.92 Å². The van der Waals surface area contributed by atoms with E-state index < -0.39 is 0 Å². The molecule has 0 bridgehead atoms. The fraction of sp³-hybridized carbons (Fsp3) is 0.556. The first-order valence-electron chi connectivity index (χ1n) is 8.33. The van der Waals surface area contributed by atoms with Crippen LogP contribution in [-0.2, 0) is 20.7 Å². The molecular formula is C18H26N2O3. The average Bonchev–Trinajstić information content (AvgIpc) is 2.55. The third kappa shape index (κ3) is 4.10. The lowest BCUT2D eigenvalue weighted by Crippen LogP contribution is -2.37. The molecule has 2 rings (SSSR count). The maximum atomic E-state index is 12.2. The minimum absolute atomic E-state index is 0.0252. The van der Waals surface area contributed by atoms with Crippen molar-refractivity contribution in [3.63, 3.8) is 0 Å². The van der Waals surface area contributed by atoms with E-state index in [1.165, 1.54) is 7.11 Å². The lowest BCUT2D eigenvalue weighted by Gasteiger charge is -2.30. The second-order valence-corrected chi connectivity index (χ2v) is 5.93. The maximum Gasteiger partial charge on any atom is 0.252 e. The molecular weight excluding hydrogens is 292 g/mol. The maximum absolute atomic E-state index is 12.2. The Bertz CT molecular complexity index is 567. The van der Waals surface area contributed by atoms with Crippen LogP contribution in [-0.4, -0.2) is 32.1 Å². The summed E-state index contributed by atoms with van der Waals surface area (Å²) in [7, 11) is 1.52. The van der Waals surface area contributed by atoms with E-state index in [0.29, 0.717) is 6.54 Å². The normalized spacial score (nSPS) is 13.8. The predicted molar refractivity (Wildman–Crippen MR) is 91.7 cm³/mol. The van der Waals surface area contributed by atoms with Crippen LogP contribution >= 0.6 is 0 Å². The number of anilines is 2. The molecule has 0 fully saturated rings. The Morgan fingerprint density at radius 1 is 1.30 bits per heavy atom. The van der Waals surface area contributed by atoms with Crippen LogP contribution < -0.4 is 10.2 Å². The Hall–Kier alpha value is -1.88. The first-order chi connectivity index (χ1) is 11.1. The van der Waals surface area contributed by atoms with E-state index in [1.54, 1.807) is 4.90 Å². The van der Waals surface area contributed by atoms with Gasteiger partial charge in [-0.2, -0.15) is 0 Å². The molecule has 0 aromatic heterocycles. The van der Waals surface area contributed by atoms with Gasteiger partial charge in [0.25, 0.3) is 5.91 Å². The van der Waals surface area contributed by atoms with Gasteiger partial charge in [0.05, 0.1) is 0 Å². The Morgan fingerprint density at radius 3 is 2.70 bits per heavy atom. The highest BCUT2D eigenvalue weighted by molar-refractivity contribution is 5.97. The Morgan fingerprint density at radius 2 is 2.04 bits per heavy atom. The van der Waals surface area contributed by atoms with E-state index in [-0.39, 0.29) is 24.3 Å². The number of hydrogen-bond acceptors (Lipinski definition) is 3. The molecule has 0 unspecified atom stereocenters. The number of benzene rings is 1. The average molecular weight is 318 g/mol. The highest BCUT2D eigenvalue weighted by Crippen LogP contribution is 2.30. The first kappa shape index (κ1) is 17.5. The quantitative estimate of drug-likeness (QED) is 0.877. The van der Waals surface area contributed by atoms with Crippen LogP contribution in [0.3, 0.4) is 0 Å². The van der Waals surface area contributed by atoms with Crippen LogP contribution in [0, 0.1) is 5.92 Å². The molecule has 126 valence electrons. The van der Waals surface area contributed by atoms with Crippen LogP contribution in [0.5, 0.6) is 0 Å². The molecule has 2 amide bonds. The summed E-state index contributed by atoms with van der Waals surface area (Å²) in [5.74, 6) is 0.0229. The number of hydrogen-bond donors (Lipinski definition) is 1. The number of aryl methyl sites for hydroxylation is 1. The van der Waals surface area contributed by atoms with Crippen LogP contribution in [0.2, 0.25) is 0 Å². The smallest absolute Gasteiger partial charge is 0.252 e. The van der Waals surface area contributed by atoms with Crippen LogP contribution in [0.4, 0.5) is 11.4 Å². The van der Waals surface area contributed by atoms with Crippen molar-refractivity contribution in [2.45, 2.75) is 39.5 Å². The van der Waals surface area contributed by atoms with Gasteiger partial charge >= 0.3 is 0 Å². The molecule has 1 aliphatic heterocycles. The summed E-state index contributed by atoms with van der Waals surface area (Å²) in [5, 5.41) is 2.98. The van der Waals surface area contributed by atoms with Crippen molar-refractivity contribution >= 4 is 23.2 Å².